The lowest BCUT2D eigenvalue weighted by molar-refractivity contribution is 0.108. The largest absolute Gasteiger partial charge is 0.497 e. The van der Waals surface area contributed by atoms with Crippen LogP contribution in [0.15, 0.2) is 30.5 Å². The molecular weight excluding hydrogens is 422 g/mol. The van der Waals surface area contributed by atoms with Crippen LogP contribution in [0.1, 0.15) is 31.7 Å². The Hall–Kier alpha value is -2.88. The molecule has 4 rings (SSSR count). The summed E-state index contributed by atoms with van der Waals surface area (Å²) < 4.78 is 18.8. The summed E-state index contributed by atoms with van der Waals surface area (Å²) in [5, 5.41) is 21.1. The van der Waals surface area contributed by atoms with E-state index < -0.39 is 6.10 Å². The first kappa shape index (κ1) is 23.3. The average Bonchev–Trinajstić information content (AvgIpc) is 3.47. The van der Waals surface area contributed by atoms with E-state index in [0.29, 0.717) is 24.7 Å². The van der Waals surface area contributed by atoms with Gasteiger partial charge >= 0.3 is 0 Å². The van der Waals surface area contributed by atoms with Gasteiger partial charge in [-0.2, -0.15) is 9.61 Å². The second kappa shape index (κ2) is 10.4. The van der Waals surface area contributed by atoms with Gasteiger partial charge in [-0.1, -0.05) is 13.8 Å². The van der Waals surface area contributed by atoms with Crippen molar-refractivity contribution in [2.24, 2.45) is 0 Å². The molecule has 3 aromatic rings. The number of fused-ring (bicyclic) bond motifs is 1. The van der Waals surface area contributed by atoms with Crippen LogP contribution in [0, 0.1) is 0 Å². The van der Waals surface area contributed by atoms with Crippen molar-refractivity contribution in [3.05, 3.63) is 36.0 Å². The van der Waals surface area contributed by atoms with Gasteiger partial charge < -0.3 is 30.0 Å². The highest BCUT2D eigenvalue weighted by Crippen LogP contribution is 2.32. The highest BCUT2D eigenvalue weighted by atomic mass is 16.5. The molecule has 1 aromatic carbocycles. The predicted octanol–water partition coefficient (Wildman–Crippen LogP) is 2.69. The number of methoxy groups -OCH3 is 1. The molecule has 1 fully saturated rings. The van der Waals surface area contributed by atoms with Crippen LogP contribution in [0.4, 0.5) is 5.82 Å². The maximum absolute atomic E-state index is 10.0. The monoisotopic (exact) mass is 455 g/mol. The van der Waals surface area contributed by atoms with E-state index in [-0.39, 0.29) is 18.6 Å². The Morgan fingerprint density at radius 2 is 2.06 bits per heavy atom. The van der Waals surface area contributed by atoms with E-state index in [9.17, 15) is 5.11 Å². The predicted molar refractivity (Wildman–Crippen MR) is 127 cm³/mol. The molecule has 2 aromatic heterocycles. The molecule has 2 atom stereocenters. The number of aliphatic hydroxyl groups is 1. The summed E-state index contributed by atoms with van der Waals surface area (Å²) in [6.07, 6.45) is 2.23. The number of likely N-dealkylation sites (N-methyl/N-ethyl adjacent to an activating group) is 1. The molecule has 3 heterocycles. The molecule has 2 unspecified atom stereocenters. The molecule has 0 bridgehead atoms. The number of aliphatic hydroxyl groups excluding tert-OH is 1. The number of ether oxygens (including phenoxy) is 3. The minimum Gasteiger partial charge on any atom is -0.497 e. The second-order valence-corrected chi connectivity index (χ2v) is 8.64. The molecule has 9 heteroatoms. The Kier molecular flexibility index (Phi) is 7.32. The van der Waals surface area contributed by atoms with Crippen molar-refractivity contribution < 1.29 is 19.3 Å². The van der Waals surface area contributed by atoms with Crippen LogP contribution in [-0.4, -0.2) is 72.4 Å². The lowest BCUT2D eigenvalue weighted by atomic mass is 10.1. The first-order valence-electron chi connectivity index (χ1n) is 11.4. The highest BCUT2D eigenvalue weighted by molar-refractivity contribution is 5.70. The Bertz CT molecular complexity index is 1080. The third-order valence-electron chi connectivity index (χ3n) is 5.70. The van der Waals surface area contributed by atoms with Gasteiger partial charge in [0, 0.05) is 36.4 Å². The number of anilines is 1. The lowest BCUT2D eigenvalue weighted by Crippen LogP contribution is -2.29. The van der Waals surface area contributed by atoms with E-state index in [1.54, 1.807) is 14.2 Å². The molecule has 9 nitrogen and oxygen atoms in total. The minimum atomic E-state index is -0.607. The minimum absolute atomic E-state index is 0.175. The van der Waals surface area contributed by atoms with Crippen LogP contribution in [0.3, 0.4) is 0 Å². The first-order valence-corrected chi connectivity index (χ1v) is 11.4. The van der Waals surface area contributed by atoms with E-state index in [1.165, 1.54) is 0 Å². The lowest BCUT2D eigenvalue weighted by Gasteiger charge is -2.16. The summed E-state index contributed by atoms with van der Waals surface area (Å²) in [6.45, 7) is 6.33. The van der Waals surface area contributed by atoms with Crippen molar-refractivity contribution in [2.75, 3.05) is 45.8 Å². The van der Waals surface area contributed by atoms with E-state index in [1.807, 2.05) is 35.0 Å². The van der Waals surface area contributed by atoms with Crippen molar-refractivity contribution >= 4 is 11.5 Å². The van der Waals surface area contributed by atoms with Gasteiger partial charge in [0.25, 0.3) is 0 Å². The van der Waals surface area contributed by atoms with Gasteiger partial charge in [0.2, 0.25) is 0 Å². The zero-order valence-electron chi connectivity index (χ0n) is 19.7. The third-order valence-corrected chi connectivity index (χ3v) is 5.70. The molecule has 1 saturated heterocycles. The van der Waals surface area contributed by atoms with Crippen LogP contribution in [0.5, 0.6) is 11.5 Å². The zero-order valence-corrected chi connectivity index (χ0v) is 19.7. The van der Waals surface area contributed by atoms with Gasteiger partial charge in [0.1, 0.15) is 30.0 Å². The van der Waals surface area contributed by atoms with Crippen LogP contribution >= 0.6 is 0 Å². The standard InChI is InChI=1S/C24H33N5O4/c1-15(2)21-12-26-29-23(27-17-5-6-32-13-17)10-22(28-24(21)29)16-7-19(31-4)9-20(8-16)33-14-18(30)11-25-3/h7-10,12,15,17-18,25,27,30H,5-6,11,13-14H2,1-4H3. The second-order valence-electron chi connectivity index (χ2n) is 8.64. The van der Waals surface area contributed by atoms with Crippen molar-refractivity contribution in [2.45, 2.75) is 38.3 Å². The van der Waals surface area contributed by atoms with Crippen molar-refractivity contribution in [1.29, 1.82) is 0 Å². The summed E-state index contributed by atoms with van der Waals surface area (Å²) in [5.41, 5.74) is 3.54. The fraction of sp³-hybridized carbons (Fsp3) is 0.500. The Morgan fingerprint density at radius 3 is 2.76 bits per heavy atom. The number of nitrogens with one attached hydrogen (secondary N) is 2. The zero-order chi connectivity index (χ0) is 23.4. The highest BCUT2D eigenvalue weighted by Gasteiger charge is 2.20. The van der Waals surface area contributed by atoms with Crippen molar-refractivity contribution in [3.8, 4) is 22.8 Å². The number of hydrogen-bond acceptors (Lipinski definition) is 8. The van der Waals surface area contributed by atoms with Crippen molar-refractivity contribution in [1.82, 2.24) is 19.9 Å². The van der Waals surface area contributed by atoms with Gasteiger partial charge in [0.05, 0.1) is 31.6 Å². The smallest absolute Gasteiger partial charge is 0.161 e. The molecule has 0 saturated carbocycles. The SMILES string of the molecule is CNCC(O)COc1cc(OC)cc(-c2cc(NC3CCOC3)n3ncc(C(C)C)c3n2)c1. The molecule has 3 N–H and O–H groups in total. The molecule has 0 spiro atoms. The van der Waals surface area contributed by atoms with Gasteiger partial charge in [-0.3, -0.25) is 0 Å². The summed E-state index contributed by atoms with van der Waals surface area (Å²) in [7, 11) is 3.41. The van der Waals surface area contributed by atoms with E-state index in [0.717, 1.165) is 41.3 Å². The molecule has 0 amide bonds. The summed E-state index contributed by atoms with van der Waals surface area (Å²) in [6, 6.07) is 7.89. The van der Waals surface area contributed by atoms with Crippen molar-refractivity contribution in [3.63, 3.8) is 0 Å². The number of hydrogen-bond donors (Lipinski definition) is 3. The molecule has 1 aliphatic heterocycles. The average molecular weight is 456 g/mol. The maximum atomic E-state index is 10.0. The maximum Gasteiger partial charge on any atom is 0.161 e. The summed E-state index contributed by atoms with van der Waals surface area (Å²) in [4.78, 5) is 4.96. The molecular formula is C24H33N5O4. The fourth-order valence-corrected chi connectivity index (χ4v) is 3.90. The third kappa shape index (κ3) is 5.38. The Balaban J connectivity index is 1.74. The van der Waals surface area contributed by atoms with E-state index in [2.05, 4.69) is 29.6 Å². The summed E-state index contributed by atoms with van der Waals surface area (Å²) >= 11 is 0. The van der Waals surface area contributed by atoms with Gasteiger partial charge in [-0.25, -0.2) is 4.98 Å². The number of aromatic nitrogens is 3. The number of nitrogens with zero attached hydrogens (tertiary/aromatic N) is 3. The quantitative estimate of drug-likeness (QED) is 0.429. The van der Waals surface area contributed by atoms with Crippen LogP contribution in [-0.2, 0) is 4.74 Å². The van der Waals surface area contributed by atoms with E-state index >= 15 is 0 Å². The molecule has 33 heavy (non-hydrogen) atoms. The Labute approximate surface area is 194 Å². The molecule has 0 aliphatic carbocycles. The normalized spacial score (nSPS) is 17.0. The topological polar surface area (TPSA) is 102 Å². The molecule has 178 valence electrons. The first-order chi connectivity index (χ1) is 16.0. The van der Waals surface area contributed by atoms with Crippen LogP contribution < -0.4 is 20.1 Å². The number of rotatable bonds is 10. The van der Waals surface area contributed by atoms with Gasteiger partial charge in [0.15, 0.2) is 5.65 Å². The summed E-state index contributed by atoms with van der Waals surface area (Å²) in [5.74, 6) is 2.42. The van der Waals surface area contributed by atoms with Crippen LogP contribution in [0.25, 0.3) is 16.9 Å². The molecule has 0 radical (unpaired) electrons. The van der Waals surface area contributed by atoms with Gasteiger partial charge in [-0.15, -0.1) is 0 Å². The molecule has 1 aliphatic rings. The van der Waals surface area contributed by atoms with Crippen LogP contribution in [0.2, 0.25) is 0 Å². The van der Waals surface area contributed by atoms with Gasteiger partial charge in [-0.05, 0) is 31.5 Å². The number of benzene rings is 1. The van der Waals surface area contributed by atoms with E-state index in [4.69, 9.17) is 19.2 Å². The Morgan fingerprint density at radius 1 is 1.24 bits per heavy atom. The fourth-order valence-electron chi connectivity index (χ4n) is 3.90.